The van der Waals surface area contributed by atoms with Crippen LogP contribution < -0.4 is 16.4 Å². The van der Waals surface area contributed by atoms with E-state index in [0.717, 1.165) is 65.5 Å². The van der Waals surface area contributed by atoms with E-state index < -0.39 is 12.3 Å². The maximum absolute atomic E-state index is 13.4. The molecule has 2 amide bonds. The van der Waals surface area contributed by atoms with Gasteiger partial charge in [0.1, 0.15) is 23.9 Å². The third kappa shape index (κ3) is 9.93. The van der Waals surface area contributed by atoms with Crippen LogP contribution in [0.1, 0.15) is 70.4 Å². The summed E-state index contributed by atoms with van der Waals surface area (Å²) in [5.74, 6) is 6.69. The van der Waals surface area contributed by atoms with E-state index in [1.54, 1.807) is 27.8 Å². The number of hydrogen-bond donors (Lipinski definition) is 6. The lowest BCUT2D eigenvalue weighted by molar-refractivity contribution is -0.142. The topological polar surface area (TPSA) is 192 Å². The van der Waals surface area contributed by atoms with Gasteiger partial charge in [0, 0.05) is 84.4 Å². The number of benzene rings is 1. The van der Waals surface area contributed by atoms with Crippen LogP contribution >= 0.6 is 23.4 Å². The van der Waals surface area contributed by atoms with Crippen molar-refractivity contribution in [1.82, 2.24) is 35.1 Å². The Balaban J connectivity index is 0.946. The molecule has 0 spiro atoms. The number of unbranched alkanes of at least 4 members (excludes halogenated alkanes) is 1. The van der Waals surface area contributed by atoms with Crippen molar-refractivity contribution in [2.45, 2.75) is 83.4 Å². The van der Waals surface area contributed by atoms with Crippen LogP contribution in [0.25, 0.3) is 0 Å². The van der Waals surface area contributed by atoms with Crippen LogP contribution in [0, 0.1) is 40.4 Å². The summed E-state index contributed by atoms with van der Waals surface area (Å²) in [5, 5.41) is 39.4. The maximum atomic E-state index is 13.4. The molecule has 5 heterocycles. The average Bonchev–Trinajstić information content (AvgIpc) is 3.91. The van der Waals surface area contributed by atoms with Crippen molar-refractivity contribution in [1.29, 1.82) is 10.8 Å². The number of piperidine rings is 1. The third-order valence-corrected chi connectivity index (χ3v) is 13.4. The number of thioether (sulfide) groups is 1. The lowest BCUT2D eigenvalue weighted by atomic mass is 9.88. The molecule has 16 heteroatoms. The van der Waals surface area contributed by atoms with Crippen LogP contribution in [-0.4, -0.2) is 109 Å². The SMILES string of the molecule is CCCCN(/C=C(\N)CNC1=CC=CC2C(=O)N(C3CCC(O)NC3=O)CC12)CCCn1cc(C#CC2SC3=C(C(c4ccc(Cl)cc4)=NCC(=N)N3C(=N)CC)[C@H]2C)cn1. The van der Waals surface area contributed by atoms with E-state index >= 15 is 0 Å². The van der Waals surface area contributed by atoms with Gasteiger partial charge < -0.3 is 31.3 Å². The Labute approximate surface area is 367 Å². The molecule has 5 aliphatic rings. The van der Waals surface area contributed by atoms with E-state index in [1.165, 1.54) is 0 Å². The van der Waals surface area contributed by atoms with Crippen LogP contribution in [0.5, 0.6) is 0 Å². The van der Waals surface area contributed by atoms with Crippen LogP contribution in [0.3, 0.4) is 0 Å². The number of fused-ring (bicyclic) bond motifs is 1. The zero-order valence-electron chi connectivity index (χ0n) is 35.0. The van der Waals surface area contributed by atoms with Crippen molar-refractivity contribution in [3.63, 3.8) is 0 Å². The van der Waals surface area contributed by atoms with Crippen LogP contribution in [0.15, 0.2) is 88.1 Å². The number of carbonyl (C=O) groups excluding carboxylic acids is 2. The second-order valence-corrected chi connectivity index (χ2v) is 17.7. The van der Waals surface area contributed by atoms with Crippen molar-refractivity contribution >= 4 is 52.6 Å². The molecule has 2 fully saturated rings. The van der Waals surface area contributed by atoms with Crippen molar-refractivity contribution in [2.75, 3.05) is 32.7 Å². The number of hydrogen-bond acceptors (Lipinski definition) is 11. The zero-order valence-corrected chi connectivity index (χ0v) is 36.6. The molecule has 1 aromatic heterocycles. The fourth-order valence-electron chi connectivity index (χ4n) is 8.47. The normalized spacial score (nSPS) is 25.0. The number of halogens is 1. The van der Waals surface area contributed by atoms with Crippen molar-refractivity contribution < 1.29 is 14.7 Å². The predicted octanol–water partition coefficient (Wildman–Crippen LogP) is 5.03. The number of aryl methyl sites for hydroxylation is 1. The molecule has 0 saturated carbocycles. The molecule has 2 aromatic rings. The lowest BCUT2D eigenvalue weighted by Crippen LogP contribution is -2.54. The molecule has 0 bridgehead atoms. The van der Waals surface area contributed by atoms with Gasteiger partial charge in [0.25, 0.3) is 0 Å². The summed E-state index contributed by atoms with van der Waals surface area (Å²) in [6.07, 6.45) is 15.0. The fraction of sp³-hybridized carbons (Fsp3) is 0.467. The number of aliphatic hydroxyl groups is 1. The number of likely N-dealkylation sites (tertiary alicyclic amines) is 1. The summed E-state index contributed by atoms with van der Waals surface area (Å²) in [6, 6.07) is 7.05. The Morgan fingerprint density at radius 1 is 1.20 bits per heavy atom. The van der Waals surface area contributed by atoms with Gasteiger partial charge in [-0.2, -0.15) is 5.10 Å². The Morgan fingerprint density at radius 3 is 2.74 bits per heavy atom. The Morgan fingerprint density at radius 2 is 1.98 bits per heavy atom. The van der Waals surface area contributed by atoms with E-state index in [1.807, 2.05) is 66.5 Å². The summed E-state index contributed by atoms with van der Waals surface area (Å²) < 4.78 is 1.93. The highest BCUT2D eigenvalue weighted by atomic mass is 35.5. The molecule has 2 saturated heterocycles. The molecule has 7 rings (SSSR count). The molecule has 14 nitrogen and oxygen atoms in total. The molecule has 7 N–H and O–H groups in total. The summed E-state index contributed by atoms with van der Waals surface area (Å²) in [6.45, 7) is 9.67. The largest absolute Gasteiger partial charge is 0.399 e. The minimum Gasteiger partial charge on any atom is -0.399 e. The van der Waals surface area contributed by atoms with E-state index in [-0.39, 0.29) is 47.2 Å². The molecular formula is C45H56ClN11O3S. The lowest BCUT2D eigenvalue weighted by Gasteiger charge is -2.32. The van der Waals surface area contributed by atoms with Crippen LogP contribution in [-0.2, 0) is 16.1 Å². The number of aliphatic imine (C=N–C) groups is 1. The number of carbonyl (C=O) groups is 2. The minimum atomic E-state index is -0.862. The molecule has 1 aromatic carbocycles. The Hall–Kier alpha value is -5.30. The highest BCUT2D eigenvalue weighted by Crippen LogP contribution is 2.46. The van der Waals surface area contributed by atoms with E-state index in [0.29, 0.717) is 55.5 Å². The quantitative estimate of drug-likeness (QED) is 0.0860. The first-order valence-electron chi connectivity index (χ1n) is 21.3. The maximum Gasteiger partial charge on any atom is 0.244 e. The predicted molar refractivity (Wildman–Crippen MR) is 242 cm³/mol. The average molecular weight is 867 g/mol. The molecule has 1 aliphatic carbocycles. The molecule has 5 unspecified atom stereocenters. The first-order chi connectivity index (χ1) is 29.4. The van der Waals surface area contributed by atoms with Crippen molar-refractivity contribution in [2.24, 2.45) is 28.5 Å². The second kappa shape index (κ2) is 19.6. The number of aliphatic hydroxyl groups excluding tert-OH is 1. The van der Waals surface area contributed by atoms with Gasteiger partial charge in [-0.3, -0.25) is 35.0 Å². The second-order valence-electron chi connectivity index (χ2n) is 16.1. The van der Waals surface area contributed by atoms with Crippen LogP contribution in [0.2, 0.25) is 5.02 Å². The summed E-state index contributed by atoms with van der Waals surface area (Å²) >= 11 is 7.82. The highest BCUT2D eigenvalue weighted by Gasteiger charge is 2.47. The number of nitrogens with two attached hydrogens (primary N) is 1. The molecule has 4 aliphatic heterocycles. The first-order valence-corrected chi connectivity index (χ1v) is 22.5. The van der Waals surface area contributed by atoms with Gasteiger partial charge in [-0.25, -0.2) is 0 Å². The minimum absolute atomic E-state index is 0.00205. The summed E-state index contributed by atoms with van der Waals surface area (Å²) in [5.41, 5.74) is 11.8. The van der Waals surface area contributed by atoms with Crippen molar-refractivity contribution in [3.8, 4) is 11.8 Å². The van der Waals surface area contributed by atoms with Gasteiger partial charge in [0.05, 0.1) is 46.8 Å². The van der Waals surface area contributed by atoms with Gasteiger partial charge in [-0.05, 0) is 43.9 Å². The highest BCUT2D eigenvalue weighted by molar-refractivity contribution is 8.04. The van der Waals surface area contributed by atoms with Crippen molar-refractivity contribution in [3.05, 3.63) is 99.2 Å². The molecule has 322 valence electrons. The number of nitrogens with zero attached hydrogens (tertiary/aromatic N) is 6. The van der Waals surface area contributed by atoms with Crippen LogP contribution in [0.4, 0.5) is 0 Å². The van der Waals surface area contributed by atoms with Gasteiger partial charge in [-0.1, -0.05) is 86.7 Å². The number of amides is 2. The third-order valence-electron chi connectivity index (χ3n) is 11.8. The van der Waals surface area contributed by atoms with Gasteiger partial charge in [0.2, 0.25) is 11.8 Å². The number of nitrogens with one attached hydrogen (secondary N) is 4. The Kier molecular flexibility index (Phi) is 14.1. The Bertz CT molecular complexity index is 2240. The fourth-order valence-corrected chi connectivity index (χ4v) is 10.0. The van der Waals surface area contributed by atoms with Gasteiger partial charge in [0.15, 0.2) is 0 Å². The summed E-state index contributed by atoms with van der Waals surface area (Å²) in [4.78, 5) is 36.5. The molecule has 0 radical (unpaired) electrons. The zero-order chi connectivity index (χ0) is 43.2. The summed E-state index contributed by atoms with van der Waals surface area (Å²) in [7, 11) is 0. The molecular weight excluding hydrogens is 810 g/mol. The van der Waals surface area contributed by atoms with E-state index in [9.17, 15) is 14.7 Å². The monoisotopic (exact) mass is 865 g/mol. The van der Waals surface area contributed by atoms with E-state index in [2.05, 4.69) is 46.3 Å². The van der Waals surface area contributed by atoms with Gasteiger partial charge >= 0.3 is 0 Å². The number of allylic oxidation sites excluding steroid dienone is 3. The smallest absolute Gasteiger partial charge is 0.244 e. The number of aromatic nitrogens is 2. The van der Waals surface area contributed by atoms with E-state index in [4.69, 9.17) is 33.1 Å². The first kappa shape index (κ1) is 43.8. The number of amidine groups is 2. The molecule has 6 atom stereocenters. The molecule has 61 heavy (non-hydrogen) atoms. The van der Waals surface area contributed by atoms with Gasteiger partial charge in [-0.15, -0.1) is 0 Å². The standard InChI is InChI=1S/C45H56ClN11O3S/c1-4-6-19-54(26-32(47)23-50-35-10-7-9-33-34(35)27-56(44(33)60)36-16-18-40(58)53-43(36)59)20-8-21-55-25-29(22-52-55)11-17-37-28(3)41-42(30-12-14-31(46)15-13-30)51-24-39(49)57(38(48)5-2)45(41)61-37/h7,9-10,12-15,22,25-26,28,33-34,36-37,40,48-50,58H,4-6,8,16,18-21,23-24,27,47H2,1-3H3,(H,53,59)/b32-26-,48-38?,49-39?/t28-,33?,34?,36?,37?,40?/m0/s1. The number of rotatable bonds is 14.